The van der Waals surface area contributed by atoms with Crippen molar-refractivity contribution in [2.24, 2.45) is 0 Å². The zero-order chi connectivity index (χ0) is 24.0. The maximum Gasteiger partial charge on any atom is 0.434 e. The zero-order valence-corrected chi connectivity index (χ0v) is 17.9. The minimum atomic E-state index is -5.77. The Morgan fingerprint density at radius 1 is 1.00 bits per heavy atom. The number of piperidine rings is 1. The predicted molar refractivity (Wildman–Crippen MR) is 106 cm³/mol. The van der Waals surface area contributed by atoms with E-state index in [9.17, 15) is 35.9 Å². The number of nitrogens with zero attached hydrogens (tertiary/aromatic N) is 3. The molecule has 2 aliphatic rings. The average Bonchev–Trinajstić information content (AvgIpc) is 3.34. The second-order valence-corrected chi connectivity index (χ2v) is 9.14. The highest BCUT2D eigenvalue weighted by Crippen LogP contribution is 2.41. The van der Waals surface area contributed by atoms with Crippen molar-refractivity contribution >= 4 is 33.6 Å². The number of likely N-dealkylation sites (tertiary alicyclic amines) is 2. The molecule has 0 radical (unpaired) electrons. The minimum Gasteiger partial charge on any atom is -0.426 e. The number of ether oxygens (including phenoxy) is 1. The van der Waals surface area contributed by atoms with E-state index in [1.807, 2.05) is 18.2 Å². The monoisotopic (exact) mass is 495 g/mol. The van der Waals surface area contributed by atoms with Crippen LogP contribution in [0.25, 0.3) is 10.2 Å². The number of para-hydroxylation sites is 1. The van der Waals surface area contributed by atoms with Crippen LogP contribution in [0.1, 0.15) is 35.5 Å². The van der Waals surface area contributed by atoms with Gasteiger partial charge in [0.25, 0.3) is 12.0 Å². The van der Waals surface area contributed by atoms with Crippen molar-refractivity contribution in [1.82, 2.24) is 14.8 Å². The lowest BCUT2D eigenvalue weighted by Crippen LogP contribution is -2.56. The first-order valence-corrected chi connectivity index (χ1v) is 11.0. The van der Waals surface area contributed by atoms with Crippen molar-refractivity contribution in [3.05, 3.63) is 29.3 Å². The quantitative estimate of drug-likeness (QED) is 0.551. The molecule has 0 N–H and O–H groups in total. The van der Waals surface area contributed by atoms with Crippen LogP contribution >= 0.6 is 11.3 Å². The average molecular weight is 495 g/mol. The molecule has 6 nitrogen and oxygen atoms in total. The van der Waals surface area contributed by atoms with Gasteiger partial charge in [-0.1, -0.05) is 12.1 Å². The third kappa shape index (κ3) is 4.59. The summed E-state index contributed by atoms with van der Waals surface area (Å²) in [4.78, 5) is 32.1. The van der Waals surface area contributed by atoms with Crippen LogP contribution in [0.2, 0.25) is 0 Å². The van der Waals surface area contributed by atoms with Gasteiger partial charge in [-0.05, 0) is 37.8 Å². The molecular weight excluding hydrogens is 476 g/mol. The smallest absolute Gasteiger partial charge is 0.426 e. The number of hydrogen-bond acceptors (Lipinski definition) is 5. The summed E-state index contributed by atoms with van der Waals surface area (Å²) in [5, 5.41) is 0.317. The summed E-state index contributed by atoms with van der Waals surface area (Å²) in [7, 11) is 0. The SMILES string of the molecule is O=C(OC(C(F)(F)F)C(F)(F)F)N1CCC2(CCCN2C(=O)c2nc3ccccc3s2)CC1. The van der Waals surface area contributed by atoms with Crippen LogP contribution in [-0.2, 0) is 4.74 Å². The summed E-state index contributed by atoms with van der Waals surface area (Å²) in [6, 6.07) is 7.29. The molecule has 33 heavy (non-hydrogen) atoms. The Morgan fingerprint density at radius 2 is 1.64 bits per heavy atom. The standard InChI is InChI=1S/C20H19F6N3O3S/c21-19(22,23)16(20(24,25)26)32-17(31)28-10-7-18(8-11-28)6-3-9-29(18)15(30)14-27-12-4-1-2-5-13(12)33-14/h1-2,4-5,16H,3,6-11H2. The first-order chi connectivity index (χ1) is 15.4. The zero-order valence-electron chi connectivity index (χ0n) is 17.1. The number of thiazole rings is 1. The number of aromatic nitrogens is 1. The number of rotatable bonds is 2. The molecule has 2 aliphatic heterocycles. The summed E-state index contributed by atoms with van der Waals surface area (Å²) in [6.07, 6.45) is -15.6. The van der Waals surface area contributed by atoms with E-state index in [2.05, 4.69) is 9.72 Å². The van der Waals surface area contributed by atoms with Crippen molar-refractivity contribution in [2.75, 3.05) is 19.6 Å². The molecule has 1 aromatic heterocycles. The molecular formula is C20H19F6N3O3S. The third-order valence-corrected chi connectivity index (χ3v) is 7.11. The second-order valence-electron chi connectivity index (χ2n) is 8.11. The van der Waals surface area contributed by atoms with Gasteiger partial charge in [0, 0.05) is 25.2 Å². The number of hydrogen-bond donors (Lipinski definition) is 0. The van der Waals surface area contributed by atoms with Gasteiger partial charge in [-0.15, -0.1) is 11.3 Å². The van der Waals surface area contributed by atoms with E-state index in [1.165, 1.54) is 11.3 Å². The van der Waals surface area contributed by atoms with Gasteiger partial charge in [-0.2, -0.15) is 26.3 Å². The fourth-order valence-corrected chi connectivity index (χ4v) is 5.37. The lowest BCUT2D eigenvalue weighted by molar-refractivity contribution is -0.308. The molecule has 1 spiro atoms. The van der Waals surface area contributed by atoms with E-state index in [0.717, 1.165) is 9.60 Å². The first kappa shape index (κ1) is 23.6. The first-order valence-electron chi connectivity index (χ1n) is 10.2. The molecule has 1 aromatic carbocycles. The molecule has 3 heterocycles. The van der Waals surface area contributed by atoms with Crippen molar-refractivity contribution in [1.29, 1.82) is 0 Å². The van der Waals surface area contributed by atoms with Crippen molar-refractivity contribution in [2.45, 2.75) is 49.7 Å². The number of carbonyl (C=O) groups excluding carboxylic acids is 2. The van der Waals surface area contributed by atoms with Gasteiger partial charge in [-0.3, -0.25) is 4.79 Å². The maximum absolute atomic E-state index is 13.2. The van der Waals surface area contributed by atoms with Gasteiger partial charge in [0.2, 0.25) is 0 Å². The normalized spacial score (nSPS) is 19.0. The molecule has 13 heteroatoms. The van der Waals surface area contributed by atoms with Crippen LogP contribution in [0.3, 0.4) is 0 Å². The molecule has 2 aromatic rings. The Hall–Kier alpha value is -2.57. The minimum absolute atomic E-state index is 0.120. The number of carbonyl (C=O) groups is 2. The van der Waals surface area contributed by atoms with Crippen LogP contribution in [-0.4, -0.2) is 70.4 Å². The van der Waals surface area contributed by atoms with Gasteiger partial charge in [0.1, 0.15) is 0 Å². The van der Waals surface area contributed by atoms with E-state index in [4.69, 9.17) is 0 Å². The Morgan fingerprint density at radius 3 is 2.24 bits per heavy atom. The number of amides is 2. The fourth-order valence-electron chi connectivity index (χ4n) is 4.45. The Kier molecular flexibility index (Phi) is 5.95. The van der Waals surface area contributed by atoms with Gasteiger partial charge in [-0.25, -0.2) is 9.78 Å². The van der Waals surface area contributed by atoms with Gasteiger partial charge < -0.3 is 14.5 Å². The lowest BCUT2D eigenvalue weighted by Gasteiger charge is -2.44. The highest BCUT2D eigenvalue weighted by molar-refractivity contribution is 7.20. The molecule has 2 fully saturated rings. The summed E-state index contributed by atoms with van der Waals surface area (Å²) >= 11 is 1.26. The largest absolute Gasteiger partial charge is 0.434 e. The Balaban J connectivity index is 1.44. The molecule has 0 unspecified atom stereocenters. The Labute approximate surface area is 188 Å². The summed E-state index contributed by atoms with van der Waals surface area (Å²) in [6.45, 7) is 0.221. The van der Waals surface area contributed by atoms with Crippen LogP contribution < -0.4 is 0 Å². The number of benzene rings is 1. The second kappa shape index (κ2) is 8.33. The molecule has 180 valence electrons. The summed E-state index contributed by atoms with van der Waals surface area (Å²) in [5.41, 5.74) is 0.0691. The van der Waals surface area contributed by atoms with E-state index in [-0.39, 0.29) is 31.8 Å². The third-order valence-electron chi connectivity index (χ3n) is 6.08. The molecule has 0 bridgehead atoms. The van der Waals surface area contributed by atoms with E-state index < -0.39 is 30.1 Å². The molecule has 4 rings (SSSR count). The van der Waals surface area contributed by atoms with Gasteiger partial charge >= 0.3 is 18.4 Å². The van der Waals surface area contributed by atoms with Crippen molar-refractivity contribution in [3.63, 3.8) is 0 Å². The van der Waals surface area contributed by atoms with E-state index in [1.54, 1.807) is 11.0 Å². The summed E-state index contributed by atoms with van der Waals surface area (Å²) < 4.78 is 80.8. The topological polar surface area (TPSA) is 62.7 Å². The van der Waals surface area contributed by atoms with Gasteiger partial charge in [0.15, 0.2) is 5.01 Å². The molecule has 0 saturated carbocycles. The predicted octanol–water partition coefficient (Wildman–Crippen LogP) is 5.00. The lowest BCUT2D eigenvalue weighted by atomic mass is 9.85. The molecule has 0 aliphatic carbocycles. The molecule has 0 atom stereocenters. The maximum atomic E-state index is 13.2. The summed E-state index contributed by atoms with van der Waals surface area (Å²) in [5.74, 6) is -0.265. The van der Waals surface area contributed by atoms with Crippen LogP contribution in [0.4, 0.5) is 31.1 Å². The van der Waals surface area contributed by atoms with Crippen molar-refractivity contribution < 1.29 is 40.7 Å². The Bertz CT molecular complexity index is 999. The van der Waals surface area contributed by atoms with Gasteiger partial charge in [0.05, 0.1) is 10.2 Å². The fraction of sp³-hybridized carbons (Fsp3) is 0.550. The van der Waals surface area contributed by atoms with E-state index >= 15 is 0 Å². The van der Waals surface area contributed by atoms with Crippen molar-refractivity contribution in [3.8, 4) is 0 Å². The highest BCUT2D eigenvalue weighted by Gasteiger charge is 2.60. The van der Waals surface area contributed by atoms with Crippen LogP contribution in [0, 0.1) is 0 Å². The van der Waals surface area contributed by atoms with Crippen LogP contribution in [0.15, 0.2) is 24.3 Å². The van der Waals surface area contributed by atoms with E-state index in [0.29, 0.717) is 29.9 Å². The number of halogens is 6. The van der Waals surface area contributed by atoms with Crippen LogP contribution in [0.5, 0.6) is 0 Å². The number of fused-ring (bicyclic) bond motifs is 1. The molecule has 2 saturated heterocycles. The highest BCUT2D eigenvalue weighted by atomic mass is 32.1. The molecule has 2 amide bonds. The number of alkyl halides is 6.